The summed E-state index contributed by atoms with van der Waals surface area (Å²) in [6.45, 7) is 9.06. The van der Waals surface area contributed by atoms with Crippen molar-refractivity contribution in [2.75, 3.05) is 33.2 Å². The fourth-order valence-electron chi connectivity index (χ4n) is 1.63. The van der Waals surface area contributed by atoms with Gasteiger partial charge in [-0.1, -0.05) is 33.6 Å². The standard InChI is InChI=1S/C12H29N3O2S/c1-5-12(6-2)11-14-18(16,17)15(4)10-8-9-13-7-3/h12-14H,5-11H2,1-4H3. The molecule has 0 bridgehead atoms. The molecule has 0 radical (unpaired) electrons. The van der Waals surface area contributed by atoms with Crippen LogP contribution in [0.2, 0.25) is 0 Å². The molecule has 5 nitrogen and oxygen atoms in total. The van der Waals surface area contributed by atoms with Crippen molar-refractivity contribution in [1.29, 1.82) is 0 Å². The van der Waals surface area contributed by atoms with Crippen LogP contribution in [0, 0.1) is 5.92 Å². The van der Waals surface area contributed by atoms with Crippen LogP contribution in [0.1, 0.15) is 40.0 Å². The van der Waals surface area contributed by atoms with Gasteiger partial charge in [-0.3, -0.25) is 0 Å². The summed E-state index contributed by atoms with van der Waals surface area (Å²) in [5.41, 5.74) is 0. The highest BCUT2D eigenvalue weighted by molar-refractivity contribution is 7.87. The van der Waals surface area contributed by atoms with Gasteiger partial charge in [-0.05, 0) is 25.4 Å². The molecule has 0 saturated carbocycles. The molecule has 0 amide bonds. The van der Waals surface area contributed by atoms with Gasteiger partial charge in [-0.15, -0.1) is 0 Å². The predicted octanol–water partition coefficient (Wildman–Crippen LogP) is 1.19. The van der Waals surface area contributed by atoms with Crippen LogP contribution in [0.25, 0.3) is 0 Å². The van der Waals surface area contributed by atoms with Gasteiger partial charge in [-0.2, -0.15) is 12.7 Å². The van der Waals surface area contributed by atoms with Gasteiger partial charge in [0, 0.05) is 20.1 Å². The Morgan fingerprint density at radius 1 is 1.17 bits per heavy atom. The van der Waals surface area contributed by atoms with Gasteiger partial charge in [0.25, 0.3) is 10.2 Å². The van der Waals surface area contributed by atoms with Gasteiger partial charge in [0.15, 0.2) is 0 Å². The average molecular weight is 279 g/mol. The van der Waals surface area contributed by atoms with E-state index >= 15 is 0 Å². The summed E-state index contributed by atoms with van der Waals surface area (Å²) >= 11 is 0. The normalized spacial score (nSPS) is 12.6. The Hall–Kier alpha value is -0.170. The van der Waals surface area contributed by atoms with Crippen molar-refractivity contribution in [2.45, 2.75) is 40.0 Å². The summed E-state index contributed by atoms with van der Waals surface area (Å²) in [6, 6.07) is 0. The summed E-state index contributed by atoms with van der Waals surface area (Å²) in [4.78, 5) is 0. The van der Waals surface area contributed by atoms with Crippen molar-refractivity contribution >= 4 is 10.2 Å². The minimum Gasteiger partial charge on any atom is -0.317 e. The first kappa shape index (κ1) is 17.8. The zero-order chi connectivity index (χ0) is 14.0. The van der Waals surface area contributed by atoms with E-state index in [0.717, 1.165) is 32.4 Å². The van der Waals surface area contributed by atoms with Gasteiger partial charge in [-0.25, -0.2) is 4.72 Å². The Morgan fingerprint density at radius 3 is 2.28 bits per heavy atom. The van der Waals surface area contributed by atoms with Crippen LogP contribution in [-0.2, 0) is 10.2 Å². The lowest BCUT2D eigenvalue weighted by Gasteiger charge is -2.20. The Kier molecular flexibility index (Phi) is 9.63. The molecule has 0 heterocycles. The van der Waals surface area contributed by atoms with Crippen molar-refractivity contribution in [1.82, 2.24) is 14.3 Å². The third-order valence-corrected chi connectivity index (χ3v) is 4.73. The Balaban J connectivity index is 4.03. The Morgan fingerprint density at radius 2 is 1.78 bits per heavy atom. The molecule has 0 fully saturated rings. The van der Waals surface area contributed by atoms with Crippen molar-refractivity contribution in [2.24, 2.45) is 5.92 Å². The first-order valence-electron chi connectivity index (χ1n) is 6.89. The molecule has 0 unspecified atom stereocenters. The summed E-state index contributed by atoms with van der Waals surface area (Å²) in [5.74, 6) is 0.426. The maximum absolute atomic E-state index is 11.9. The molecule has 2 N–H and O–H groups in total. The second-order valence-corrected chi connectivity index (χ2v) is 6.43. The molecule has 0 aromatic carbocycles. The fourth-order valence-corrected chi connectivity index (χ4v) is 2.67. The number of nitrogens with one attached hydrogen (secondary N) is 2. The van der Waals surface area contributed by atoms with Crippen molar-refractivity contribution in [3.63, 3.8) is 0 Å². The van der Waals surface area contributed by atoms with Gasteiger partial charge in [0.05, 0.1) is 0 Å². The second kappa shape index (κ2) is 9.72. The number of hydrogen-bond acceptors (Lipinski definition) is 3. The summed E-state index contributed by atoms with van der Waals surface area (Å²) in [6.07, 6.45) is 2.84. The molecule has 0 saturated heterocycles. The molecule has 0 atom stereocenters. The zero-order valence-electron chi connectivity index (χ0n) is 12.2. The summed E-state index contributed by atoms with van der Waals surface area (Å²) < 4.78 is 27.9. The zero-order valence-corrected chi connectivity index (χ0v) is 13.0. The molecule has 0 aliphatic carbocycles. The lowest BCUT2D eigenvalue weighted by molar-refractivity contribution is 0.428. The second-order valence-electron chi connectivity index (χ2n) is 4.56. The van der Waals surface area contributed by atoms with Crippen LogP contribution in [-0.4, -0.2) is 45.9 Å². The van der Waals surface area contributed by atoms with E-state index in [0.29, 0.717) is 19.0 Å². The minimum atomic E-state index is -3.31. The van der Waals surface area contributed by atoms with E-state index in [-0.39, 0.29) is 0 Å². The van der Waals surface area contributed by atoms with Gasteiger partial charge in [0.1, 0.15) is 0 Å². The van der Waals surface area contributed by atoms with Crippen molar-refractivity contribution in [3.8, 4) is 0 Å². The van der Waals surface area contributed by atoms with Crippen molar-refractivity contribution < 1.29 is 8.42 Å². The summed E-state index contributed by atoms with van der Waals surface area (Å²) in [5, 5.41) is 3.18. The van der Waals surface area contributed by atoms with E-state index < -0.39 is 10.2 Å². The number of nitrogens with zero attached hydrogens (tertiary/aromatic N) is 1. The molecule has 0 spiro atoms. The first-order valence-corrected chi connectivity index (χ1v) is 8.33. The maximum Gasteiger partial charge on any atom is 0.279 e. The largest absolute Gasteiger partial charge is 0.317 e. The monoisotopic (exact) mass is 279 g/mol. The van der Waals surface area contributed by atoms with E-state index in [1.165, 1.54) is 4.31 Å². The Bertz CT molecular complexity index is 290. The van der Waals surface area contributed by atoms with Gasteiger partial charge < -0.3 is 5.32 Å². The van der Waals surface area contributed by atoms with Crippen LogP contribution in [0.3, 0.4) is 0 Å². The molecular weight excluding hydrogens is 250 g/mol. The lowest BCUT2D eigenvalue weighted by Crippen LogP contribution is -2.41. The van der Waals surface area contributed by atoms with Crippen molar-refractivity contribution in [3.05, 3.63) is 0 Å². The third-order valence-electron chi connectivity index (χ3n) is 3.20. The quantitative estimate of drug-likeness (QED) is 0.559. The molecule has 6 heteroatoms. The predicted molar refractivity (Wildman–Crippen MR) is 76.8 cm³/mol. The molecular formula is C12H29N3O2S. The third kappa shape index (κ3) is 7.31. The number of hydrogen-bond donors (Lipinski definition) is 2. The van der Waals surface area contributed by atoms with Crippen LogP contribution in [0.5, 0.6) is 0 Å². The van der Waals surface area contributed by atoms with E-state index in [2.05, 4.69) is 23.9 Å². The van der Waals surface area contributed by atoms with Crippen LogP contribution < -0.4 is 10.0 Å². The smallest absolute Gasteiger partial charge is 0.279 e. The lowest BCUT2D eigenvalue weighted by atomic mass is 10.0. The fraction of sp³-hybridized carbons (Fsp3) is 1.00. The molecule has 0 aromatic heterocycles. The molecule has 0 aliphatic heterocycles. The number of rotatable bonds is 11. The molecule has 18 heavy (non-hydrogen) atoms. The van der Waals surface area contributed by atoms with Crippen LogP contribution in [0.15, 0.2) is 0 Å². The molecule has 0 aromatic rings. The molecule has 0 rings (SSSR count). The average Bonchev–Trinajstić information content (AvgIpc) is 2.35. The van der Waals surface area contributed by atoms with Crippen LogP contribution >= 0.6 is 0 Å². The van der Waals surface area contributed by atoms with E-state index in [1.54, 1.807) is 7.05 Å². The summed E-state index contributed by atoms with van der Waals surface area (Å²) in [7, 11) is -1.68. The first-order chi connectivity index (χ1) is 8.47. The highest BCUT2D eigenvalue weighted by Crippen LogP contribution is 2.06. The van der Waals surface area contributed by atoms with E-state index in [4.69, 9.17) is 0 Å². The highest BCUT2D eigenvalue weighted by Gasteiger charge is 2.17. The van der Waals surface area contributed by atoms with Crippen LogP contribution in [0.4, 0.5) is 0 Å². The molecule has 0 aliphatic rings. The molecule has 110 valence electrons. The topological polar surface area (TPSA) is 61.4 Å². The Labute approximate surface area is 113 Å². The van der Waals surface area contributed by atoms with Gasteiger partial charge >= 0.3 is 0 Å². The SMILES string of the molecule is CCNCCCN(C)S(=O)(=O)NCC(CC)CC. The maximum atomic E-state index is 11.9. The van der Waals surface area contributed by atoms with Gasteiger partial charge in [0.2, 0.25) is 0 Å². The van der Waals surface area contributed by atoms with E-state index in [9.17, 15) is 8.42 Å². The van der Waals surface area contributed by atoms with E-state index in [1.807, 2.05) is 6.92 Å². The highest BCUT2D eigenvalue weighted by atomic mass is 32.2. The minimum absolute atomic E-state index is 0.426.